The Bertz CT molecular complexity index is 567. The highest BCUT2D eigenvalue weighted by Gasteiger charge is 2.18. The normalized spacial score (nSPS) is 10.6. The van der Waals surface area contributed by atoms with Gasteiger partial charge in [0.2, 0.25) is 5.95 Å². The Kier molecular flexibility index (Phi) is 3.13. The molecule has 2 aromatic rings. The number of aromatic nitrogens is 2. The van der Waals surface area contributed by atoms with E-state index in [0.29, 0.717) is 0 Å². The van der Waals surface area contributed by atoms with Crippen molar-refractivity contribution in [1.29, 1.82) is 0 Å². The highest BCUT2D eigenvalue weighted by Crippen LogP contribution is 2.34. The summed E-state index contributed by atoms with van der Waals surface area (Å²) < 4.78 is 26.6. The van der Waals surface area contributed by atoms with Gasteiger partial charge in [-0.2, -0.15) is 0 Å². The van der Waals surface area contributed by atoms with Crippen LogP contribution in [0.15, 0.2) is 18.2 Å². The molecule has 2 rings (SSSR count). The number of anilines is 1. The lowest BCUT2D eigenvalue weighted by Gasteiger charge is -2.07. The summed E-state index contributed by atoms with van der Waals surface area (Å²) in [5.41, 5.74) is 5.22. The van der Waals surface area contributed by atoms with Crippen LogP contribution in [-0.2, 0) is 0 Å². The third kappa shape index (κ3) is 2.16. The number of benzene rings is 1. The number of nitrogens with zero attached hydrogens (tertiary/aromatic N) is 2. The van der Waals surface area contributed by atoms with Gasteiger partial charge in [-0.25, -0.2) is 18.7 Å². The summed E-state index contributed by atoms with van der Waals surface area (Å²) in [6.07, 6.45) is 0. The van der Waals surface area contributed by atoms with E-state index in [-0.39, 0.29) is 27.4 Å². The van der Waals surface area contributed by atoms with Gasteiger partial charge in [-0.05, 0) is 6.07 Å². The Labute approximate surface area is 105 Å². The largest absolute Gasteiger partial charge is 0.368 e. The molecule has 0 aliphatic rings. The molecule has 1 heterocycles. The van der Waals surface area contributed by atoms with E-state index in [2.05, 4.69) is 9.97 Å². The van der Waals surface area contributed by atoms with E-state index < -0.39 is 11.6 Å². The molecule has 0 bridgehead atoms. The fraction of sp³-hybridized carbons (Fsp3) is 0. The van der Waals surface area contributed by atoms with Gasteiger partial charge >= 0.3 is 0 Å². The molecule has 0 aliphatic heterocycles. The predicted octanol–water partition coefficient (Wildman–Crippen LogP) is 3.31. The molecule has 0 saturated carbocycles. The molecule has 0 spiro atoms. The van der Waals surface area contributed by atoms with Crippen molar-refractivity contribution in [1.82, 2.24) is 9.97 Å². The van der Waals surface area contributed by atoms with Gasteiger partial charge in [-0.3, -0.25) is 0 Å². The molecular weight excluding hydrogens is 271 g/mol. The summed E-state index contributed by atoms with van der Waals surface area (Å²) in [6.45, 7) is 0. The summed E-state index contributed by atoms with van der Waals surface area (Å²) in [5, 5.41) is -0.265. The molecule has 2 N–H and O–H groups in total. The van der Waals surface area contributed by atoms with Crippen molar-refractivity contribution < 1.29 is 8.78 Å². The quantitative estimate of drug-likeness (QED) is 0.813. The van der Waals surface area contributed by atoms with Crippen molar-refractivity contribution in [2.75, 3.05) is 5.73 Å². The van der Waals surface area contributed by atoms with Crippen LogP contribution in [0.4, 0.5) is 14.7 Å². The number of rotatable bonds is 1. The van der Waals surface area contributed by atoms with Crippen molar-refractivity contribution in [3.8, 4) is 11.1 Å². The smallest absolute Gasteiger partial charge is 0.222 e. The minimum Gasteiger partial charge on any atom is -0.368 e. The summed E-state index contributed by atoms with van der Waals surface area (Å²) in [4.78, 5) is 7.28. The molecule has 0 amide bonds. The van der Waals surface area contributed by atoms with Gasteiger partial charge in [-0.15, -0.1) is 0 Å². The Balaban J connectivity index is 2.73. The van der Waals surface area contributed by atoms with Gasteiger partial charge in [-0.1, -0.05) is 35.3 Å². The molecule has 7 heteroatoms. The van der Waals surface area contributed by atoms with E-state index in [9.17, 15) is 8.78 Å². The van der Waals surface area contributed by atoms with Crippen LogP contribution in [0, 0.1) is 11.6 Å². The summed E-state index contributed by atoms with van der Waals surface area (Å²) in [6, 6.07) is 3.64. The first-order chi connectivity index (χ1) is 8.00. The molecule has 1 aromatic carbocycles. The zero-order valence-electron chi connectivity index (χ0n) is 8.22. The molecule has 17 heavy (non-hydrogen) atoms. The van der Waals surface area contributed by atoms with Gasteiger partial charge in [0, 0.05) is 5.56 Å². The molecule has 0 unspecified atom stereocenters. The Hall–Kier alpha value is -1.46. The monoisotopic (exact) mass is 275 g/mol. The van der Waals surface area contributed by atoms with Crippen molar-refractivity contribution in [2.45, 2.75) is 0 Å². The van der Waals surface area contributed by atoms with Crippen LogP contribution in [0.2, 0.25) is 10.3 Å². The average Bonchev–Trinajstić information content (AvgIpc) is 2.23. The SMILES string of the molecule is Nc1nc(Cl)c(-c2cccc(F)c2F)c(Cl)n1. The highest BCUT2D eigenvalue weighted by atomic mass is 35.5. The maximum absolute atomic E-state index is 13.6. The average molecular weight is 276 g/mol. The third-order valence-corrected chi connectivity index (χ3v) is 2.61. The Morgan fingerprint density at radius 3 is 2.24 bits per heavy atom. The Morgan fingerprint density at radius 1 is 1.06 bits per heavy atom. The van der Waals surface area contributed by atoms with E-state index in [4.69, 9.17) is 28.9 Å². The second-order valence-electron chi connectivity index (χ2n) is 3.14. The second kappa shape index (κ2) is 4.43. The first-order valence-corrected chi connectivity index (χ1v) is 5.19. The fourth-order valence-electron chi connectivity index (χ4n) is 1.34. The van der Waals surface area contributed by atoms with Crippen molar-refractivity contribution in [3.05, 3.63) is 40.1 Å². The lowest BCUT2D eigenvalue weighted by atomic mass is 10.1. The summed E-state index contributed by atoms with van der Waals surface area (Å²) >= 11 is 11.6. The number of nitrogens with two attached hydrogens (primary N) is 1. The molecule has 0 aliphatic carbocycles. The molecule has 0 radical (unpaired) electrons. The zero-order chi connectivity index (χ0) is 12.6. The van der Waals surface area contributed by atoms with E-state index in [1.165, 1.54) is 12.1 Å². The van der Waals surface area contributed by atoms with Crippen LogP contribution in [0.3, 0.4) is 0 Å². The first kappa shape index (κ1) is 12.0. The second-order valence-corrected chi connectivity index (χ2v) is 3.86. The third-order valence-electron chi connectivity index (χ3n) is 2.06. The summed E-state index contributed by atoms with van der Waals surface area (Å²) in [5.74, 6) is -2.21. The number of nitrogen functional groups attached to an aromatic ring is 1. The molecule has 0 atom stereocenters. The van der Waals surface area contributed by atoms with Crippen LogP contribution in [0.5, 0.6) is 0 Å². The molecule has 1 aromatic heterocycles. The molecule has 3 nitrogen and oxygen atoms in total. The maximum atomic E-state index is 13.6. The number of hydrogen-bond donors (Lipinski definition) is 1. The van der Waals surface area contributed by atoms with E-state index in [0.717, 1.165) is 6.07 Å². The molecular formula is C10H5Cl2F2N3. The van der Waals surface area contributed by atoms with Crippen LogP contribution in [0.1, 0.15) is 0 Å². The first-order valence-electron chi connectivity index (χ1n) is 4.43. The van der Waals surface area contributed by atoms with E-state index >= 15 is 0 Å². The van der Waals surface area contributed by atoms with Crippen molar-refractivity contribution >= 4 is 29.2 Å². The predicted molar refractivity (Wildman–Crippen MR) is 61.8 cm³/mol. The van der Waals surface area contributed by atoms with Gasteiger partial charge < -0.3 is 5.73 Å². The van der Waals surface area contributed by atoms with Gasteiger partial charge in [0.25, 0.3) is 0 Å². The van der Waals surface area contributed by atoms with Gasteiger partial charge in [0.15, 0.2) is 11.6 Å². The zero-order valence-corrected chi connectivity index (χ0v) is 9.73. The Morgan fingerprint density at radius 2 is 1.65 bits per heavy atom. The maximum Gasteiger partial charge on any atom is 0.222 e. The van der Waals surface area contributed by atoms with Crippen LogP contribution < -0.4 is 5.73 Å². The van der Waals surface area contributed by atoms with Crippen LogP contribution in [-0.4, -0.2) is 9.97 Å². The number of halogens is 4. The lowest BCUT2D eigenvalue weighted by molar-refractivity contribution is 0.511. The molecule has 0 saturated heterocycles. The van der Waals surface area contributed by atoms with Gasteiger partial charge in [0.05, 0.1) is 5.56 Å². The lowest BCUT2D eigenvalue weighted by Crippen LogP contribution is -1.99. The highest BCUT2D eigenvalue weighted by molar-refractivity contribution is 6.37. The molecule has 88 valence electrons. The van der Waals surface area contributed by atoms with Crippen molar-refractivity contribution in [2.24, 2.45) is 0 Å². The molecule has 0 fully saturated rings. The van der Waals surface area contributed by atoms with Crippen LogP contribution >= 0.6 is 23.2 Å². The van der Waals surface area contributed by atoms with E-state index in [1.807, 2.05) is 0 Å². The van der Waals surface area contributed by atoms with E-state index in [1.54, 1.807) is 0 Å². The summed E-state index contributed by atoms with van der Waals surface area (Å²) in [7, 11) is 0. The topological polar surface area (TPSA) is 51.8 Å². The standard InChI is InChI=1S/C10H5Cl2F2N3/c11-8-6(9(12)17-10(15)16-8)4-2-1-3-5(13)7(4)14/h1-3H,(H2,15,16,17). The fourth-order valence-corrected chi connectivity index (χ4v) is 1.95. The van der Waals surface area contributed by atoms with Crippen molar-refractivity contribution in [3.63, 3.8) is 0 Å². The number of hydrogen-bond acceptors (Lipinski definition) is 3. The minimum absolute atomic E-state index is 0.0135. The van der Waals surface area contributed by atoms with Gasteiger partial charge in [0.1, 0.15) is 10.3 Å². The minimum atomic E-state index is -1.07. The van der Waals surface area contributed by atoms with Crippen LogP contribution in [0.25, 0.3) is 11.1 Å².